The van der Waals surface area contributed by atoms with Gasteiger partial charge in [0.05, 0.1) is 0 Å². The molecular weight excluding hydrogens is 204 g/mol. The standard InChI is InChI=1S/C9H16N2O2.ClH/c1-3-12-9(13-4-2)7-11-6-5-10-8-11;/h5-6,8-9H,3-4,7H2,1-2H3;1H. The van der Waals surface area contributed by atoms with Crippen molar-refractivity contribution in [3.8, 4) is 0 Å². The predicted octanol–water partition coefficient (Wildman–Crippen LogP) is -2.29. The Bertz CT molecular complexity index is 211. The van der Waals surface area contributed by atoms with Gasteiger partial charge in [-0.3, -0.25) is 4.98 Å². The highest BCUT2D eigenvalue weighted by Crippen LogP contribution is 1.94. The number of hydrogen-bond donors (Lipinski definition) is 1. The minimum Gasteiger partial charge on any atom is -1.00 e. The van der Waals surface area contributed by atoms with E-state index in [2.05, 4.69) is 4.98 Å². The van der Waals surface area contributed by atoms with Crippen LogP contribution in [0.3, 0.4) is 0 Å². The third kappa shape index (κ3) is 4.60. The van der Waals surface area contributed by atoms with Gasteiger partial charge in [-0.05, 0) is 13.8 Å². The number of H-pyrrole nitrogens is 1. The van der Waals surface area contributed by atoms with E-state index in [9.17, 15) is 0 Å². The van der Waals surface area contributed by atoms with Crippen molar-refractivity contribution in [1.29, 1.82) is 0 Å². The van der Waals surface area contributed by atoms with Gasteiger partial charge in [-0.1, -0.05) is 0 Å². The molecule has 82 valence electrons. The smallest absolute Gasteiger partial charge is 0.241 e. The van der Waals surface area contributed by atoms with Gasteiger partial charge in [-0.2, -0.15) is 0 Å². The van der Waals surface area contributed by atoms with Crippen molar-refractivity contribution in [3.63, 3.8) is 0 Å². The van der Waals surface area contributed by atoms with Crippen molar-refractivity contribution in [2.45, 2.75) is 26.7 Å². The second kappa shape index (κ2) is 7.79. The van der Waals surface area contributed by atoms with Crippen LogP contribution in [0.25, 0.3) is 0 Å². The van der Waals surface area contributed by atoms with Gasteiger partial charge in [0.25, 0.3) is 0 Å². The van der Waals surface area contributed by atoms with E-state index in [0.29, 0.717) is 13.2 Å². The number of nitrogens with one attached hydrogen (secondary N) is 1. The van der Waals surface area contributed by atoms with Crippen molar-refractivity contribution in [2.24, 2.45) is 0 Å². The maximum Gasteiger partial charge on any atom is 0.241 e. The van der Waals surface area contributed by atoms with Gasteiger partial charge in [0.15, 0.2) is 6.29 Å². The molecule has 1 N–H and O–H groups in total. The molecule has 1 aromatic heterocycles. The number of halogens is 1. The fraction of sp³-hybridized carbons (Fsp3) is 0.667. The quantitative estimate of drug-likeness (QED) is 0.433. The molecule has 14 heavy (non-hydrogen) atoms. The third-order valence-corrected chi connectivity index (χ3v) is 1.67. The lowest BCUT2D eigenvalue weighted by atomic mass is 10.6. The van der Waals surface area contributed by atoms with E-state index in [0.717, 1.165) is 6.54 Å². The molecule has 0 saturated carbocycles. The first-order valence-electron chi connectivity index (χ1n) is 4.61. The molecule has 1 rings (SSSR count). The normalized spacial score (nSPS) is 10.2. The van der Waals surface area contributed by atoms with Gasteiger partial charge in [0, 0.05) is 13.2 Å². The van der Waals surface area contributed by atoms with Gasteiger partial charge >= 0.3 is 0 Å². The Balaban J connectivity index is 0.00000169. The molecule has 0 unspecified atom stereocenters. The lowest BCUT2D eigenvalue weighted by Crippen LogP contribution is -3.00. The molecule has 1 aromatic rings. The summed E-state index contributed by atoms with van der Waals surface area (Å²) in [5.74, 6) is 0. The molecule has 0 bridgehead atoms. The van der Waals surface area contributed by atoms with Crippen molar-refractivity contribution >= 4 is 0 Å². The number of hydrogen-bond acceptors (Lipinski definition) is 2. The summed E-state index contributed by atoms with van der Waals surface area (Å²) in [4.78, 5) is 2.97. The number of ether oxygens (including phenoxy) is 2. The third-order valence-electron chi connectivity index (χ3n) is 1.67. The Morgan fingerprint density at radius 2 is 1.93 bits per heavy atom. The average Bonchev–Trinajstić information content (AvgIpc) is 2.58. The zero-order valence-electron chi connectivity index (χ0n) is 8.57. The summed E-state index contributed by atoms with van der Waals surface area (Å²) in [6.45, 7) is 6.01. The fourth-order valence-corrected chi connectivity index (χ4v) is 1.13. The maximum absolute atomic E-state index is 5.40. The molecule has 0 amide bonds. The van der Waals surface area contributed by atoms with E-state index < -0.39 is 0 Å². The van der Waals surface area contributed by atoms with Crippen molar-refractivity contribution in [1.82, 2.24) is 4.98 Å². The van der Waals surface area contributed by atoms with Crippen molar-refractivity contribution in [3.05, 3.63) is 18.7 Å². The van der Waals surface area contributed by atoms with Gasteiger partial charge in [0.2, 0.25) is 6.33 Å². The van der Waals surface area contributed by atoms with Gasteiger partial charge in [-0.25, -0.2) is 4.57 Å². The van der Waals surface area contributed by atoms with E-state index >= 15 is 0 Å². The number of aromatic nitrogens is 2. The van der Waals surface area contributed by atoms with Crippen LogP contribution in [0.2, 0.25) is 0 Å². The van der Waals surface area contributed by atoms with Crippen molar-refractivity contribution < 1.29 is 26.4 Å². The van der Waals surface area contributed by atoms with Crippen LogP contribution in [0.5, 0.6) is 0 Å². The minimum atomic E-state index is -0.143. The topological polar surface area (TPSA) is 38.1 Å². The van der Waals surface area contributed by atoms with E-state index in [1.807, 2.05) is 37.1 Å². The second-order valence-electron chi connectivity index (χ2n) is 2.65. The first-order valence-corrected chi connectivity index (χ1v) is 4.61. The molecule has 0 aliphatic carbocycles. The Morgan fingerprint density at radius 1 is 1.29 bits per heavy atom. The molecule has 5 heteroatoms. The molecule has 0 fully saturated rings. The molecule has 4 nitrogen and oxygen atoms in total. The molecule has 0 aliphatic heterocycles. The summed E-state index contributed by atoms with van der Waals surface area (Å²) >= 11 is 0. The maximum atomic E-state index is 5.40. The molecule has 0 atom stereocenters. The zero-order chi connectivity index (χ0) is 9.52. The monoisotopic (exact) mass is 220 g/mol. The molecular formula is C9H17ClN2O2. The first kappa shape index (κ1) is 13.4. The second-order valence-corrected chi connectivity index (χ2v) is 2.65. The van der Waals surface area contributed by atoms with Gasteiger partial charge < -0.3 is 21.9 Å². The highest BCUT2D eigenvalue weighted by atomic mass is 35.5. The van der Waals surface area contributed by atoms with E-state index in [1.165, 1.54) is 0 Å². The molecule has 0 aliphatic rings. The summed E-state index contributed by atoms with van der Waals surface area (Å²) in [6, 6.07) is 0. The molecule has 0 aromatic carbocycles. The average molecular weight is 221 g/mol. The lowest BCUT2D eigenvalue weighted by Gasteiger charge is -2.14. The molecule has 0 spiro atoms. The highest BCUT2D eigenvalue weighted by Gasteiger charge is 2.11. The Hall–Kier alpha value is -0.580. The number of nitrogens with zero attached hydrogens (tertiary/aromatic N) is 1. The van der Waals surface area contributed by atoms with Crippen LogP contribution in [0, 0.1) is 0 Å². The Kier molecular flexibility index (Phi) is 7.47. The van der Waals surface area contributed by atoms with Crippen molar-refractivity contribution in [2.75, 3.05) is 13.2 Å². The summed E-state index contributed by atoms with van der Waals surface area (Å²) in [5, 5.41) is 0. The van der Waals surface area contributed by atoms with Crippen LogP contribution >= 0.6 is 0 Å². The summed E-state index contributed by atoms with van der Waals surface area (Å²) in [6.07, 6.45) is 5.56. The van der Waals surface area contributed by atoms with Crippen LogP contribution in [-0.2, 0) is 16.0 Å². The molecule has 0 radical (unpaired) electrons. The zero-order valence-corrected chi connectivity index (χ0v) is 9.33. The predicted molar refractivity (Wildman–Crippen MR) is 48.0 cm³/mol. The molecule has 0 saturated heterocycles. The number of imidazole rings is 1. The SMILES string of the molecule is CCOC(C[n+]1cc[nH]c1)OCC.[Cl-]. The summed E-state index contributed by atoms with van der Waals surface area (Å²) in [7, 11) is 0. The Labute approximate surface area is 90.6 Å². The van der Waals surface area contributed by atoms with E-state index in [4.69, 9.17) is 9.47 Å². The van der Waals surface area contributed by atoms with Crippen LogP contribution in [0.4, 0.5) is 0 Å². The van der Waals surface area contributed by atoms with Crippen LogP contribution in [0.15, 0.2) is 18.7 Å². The van der Waals surface area contributed by atoms with Crippen LogP contribution in [-0.4, -0.2) is 24.5 Å². The number of rotatable bonds is 6. The van der Waals surface area contributed by atoms with Gasteiger partial charge in [-0.15, -0.1) is 0 Å². The molecule has 1 heterocycles. The van der Waals surface area contributed by atoms with Crippen LogP contribution < -0.4 is 17.0 Å². The first-order chi connectivity index (χ1) is 6.36. The minimum absolute atomic E-state index is 0. The van der Waals surface area contributed by atoms with Gasteiger partial charge in [0.1, 0.15) is 18.9 Å². The van der Waals surface area contributed by atoms with E-state index in [1.54, 1.807) is 0 Å². The highest BCUT2D eigenvalue weighted by molar-refractivity contribution is 4.55. The number of aromatic amines is 1. The summed E-state index contributed by atoms with van der Waals surface area (Å²) in [5.41, 5.74) is 0. The van der Waals surface area contributed by atoms with E-state index in [-0.39, 0.29) is 18.7 Å². The van der Waals surface area contributed by atoms with Crippen LogP contribution in [0.1, 0.15) is 13.8 Å². The fourth-order valence-electron chi connectivity index (χ4n) is 1.13. The Morgan fingerprint density at radius 3 is 2.36 bits per heavy atom. The lowest BCUT2D eigenvalue weighted by molar-refractivity contribution is -0.709. The summed E-state index contributed by atoms with van der Waals surface area (Å²) < 4.78 is 12.8. The largest absolute Gasteiger partial charge is 1.00 e.